The van der Waals surface area contributed by atoms with Crippen molar-refractivity contribution in [3.63, 3.8) is 0 Å². The molecule has 1 aliphatic rings. The highest BCUT2D eigenvalue weighted by Gasteiger charge is 2.50. The first-order chi connectivity index (χ1) is 18.5. The molecule has 5 aromatic rings. The Morgan fingerprint density at radius 1 is 1.08 bits per heavy atom. The molecule has 1 aromatic carbocycles. The minimum atomic E-state index is -1.19. The van der Waals surface area contributed by atoms with E-state index in [2.05, 4.69) is 49.5 Å². The van der Waals surface area contributed by atoms with E-state index < -0.39 is 5.72 Å². The molecule has 38 heavy (non-hydrogen) atoms. The van der Waals surface area contributed by atoms with Crippen LogP contribution < -0.4 is 5.32 Å². The Kier molecular flexibility index (Phi) is 6.29. The van der Waals surface area contributed by atoms with Gasteiger partial charge in [0, 0.05) is 30.6 Å². The van der Waals surface area contributed by atoms with Gasteiger partial charge in [0.05, 0.1) is 23.1 Å². The molecule has 6 rings (SSSR count). The minimum Gasteiger partial charge on any atom is -0.421 e. The van der Waals surface area contributed by atoms with Gasteiger partial charge in [-0.15, -0.1) is 10.2 Å². The molecule has 9 nitrogen and oxygen atoms in total. The first-order valence-electron chi connectivity index (χ1n) is 13.0. The second-order valence-electron chi connectivity index (χ2n) is 9.72. The molecule has 3 N–H and O–H groups in total. The zero-order chi connectivity index (χ0) is 26.3. The van der Waals surface area contributed by atoms with E-state index in [1.54, 1.807) is 26.1 Å². The summed E-state index contributed by atoms with van der Waals surface area (Å²) in [6.07, 6.45) is 5.47. The molecular formula is C28H30FN7O2. The van der Waals surface area contributed by atoms with E-state index in [1.807, 2.05) is 12.1 Å². The average molecular weight is 516 g/mol. The summed E-state index contributed by atoms with van der Waals surface area (Å²) in [6, 6.07) is 11.0. The number of para-hydroxylation sites is 1. The molecule has 0 fully saturated rings. The second kappa shape index (κ2) is 9.77. The van der Waals surface area contributed by atoms with Gasteiger partial charge in [0.1, 0.15) is 17.3 Å². The number of H-pyrrole nitrogens is 2. The van der Waals surface area contributed by atoms with E-state index in [4.69, 9.17) is 14.1 Å². The standard InChI is InChI=1S/C28H30FN7O2/c1-4-5-8-13-37-28(27-36-35-17(3)38-27)25-19(18-9-6-7-10-21(18)32-25)14-23(34-28)26-30-15-24(33-26)22-12-11-20(29)16(2)31-22/h6-7,9-12,15,23,32,34H,4-5,8,13-14H2,1-3H3,(H,30,33)/t23-,28?/m1/s1. The zero-order valence-electron chi connectivity index (χ0n) is 21.6. The van der Waals surface area contributed by atoms with Crippen LogP contribution in [0.5, 0.6) is 0 Å². The Bertz CT molecular complexity index is 1590. The predicted octanol–water partition coefficient (Wildman–Crippen LogP) is 5.39. The van der Waals surface area contributed by atoms with E-state index in [1.165, 1.54) is 6.07 Å². The number of imidazole rings is 1. The number of unbranched alkanes of at least 4 members (excludes halogenated alkanes) is 2. The van der Waals surface area contributed by atoms with Gasteiger partial charge in [-0.25, -0.2) is 14.4 Å². The Morgan fingerprint density at radius 3 is 2.74 bits per heavy atom. The molecule has 0 saturated carbocycles. The van der Waals surface area contributed by atoms with Crippen LogP contribution in [-0.4, -0.2) is 36.7 Å². The number of aromatic nitrogens is 6. The monoisotopic (exact) mass is 515 g/mol. The maximum Gasteiger partial charge on any atom is 0.270 e. The fraction of sp³-hybridized carbons (Fsp3) is 0.357. The van der Waals surface area contributed by atoms with Crippen LogP contribution in [0.3, 0.4) is 0 Å². The van der Waals surface area contributed by atoms with Crippen molar-refractivity contribution in [2.24, 2.45) is 0 Å². The number of pyridine rings is 1. The van der Waals surface area contributed by atoms with E-state index in [0.717, 1.165) is 41.4 Å². The molecule has 2 atom stereocenters. The summed E-state index contributed by atoms with van der Waals surface area (Å²) in [5.41, 5.74) is 3.34. The first kappa shape index (κ1) is 24.4. The molecule has 196 valence electrons. The van der Waals surface area contributed by atoms with Gasteiger partial charge in [0.25, 0.3) is 5.89 Å². The molecule has 0 aliphatic carbocycles. The van der Waals surface area contributed by atoms with E-state index in [0.29, 0.717) is 47.7 Å². The summed E-state index contributed by atoms with van der Waals surface area (Å²) < 4.78 is 26.5. The predicted molar refractivity (Wildman–Crippen MR) is 140 cm³/mol. The molecule has 0 radical (unpaired) electrons. The lowest BCUT2D eigenvalue weighted by Crippen LogP contribution is -2.52. The topological polar surface area (TPSA) is 118 Å². The van der Waals surface area contributed by atoms with Crippen molar-refractivity contribution in [2.45, 2.75) is 58.2 Å². The third-order valence-electron chi connectivity index (χ3n) is 7.06. The van der Waals surface area contributed by atoms with Gasteiger partial charge in [0.15, 0.2) is 0 Å². The molecule has 0 saturated heterocycles. The van der Waals surface area contributed by atoms with E-state index in [9.17, 15) is 4.39 Å². The molecule has 5 heterocycles. The Balaban J connectivity index is 1.46. The summed E-state index contributed by atoms with van der Waals surface area (Å²) in [6.45, 7) is 6.08. The lowest BCUT2D eigenvalue weighted by Gasteiger charge is -2.39. The van der Waals surface area contributed by atoms with Gasteiger partial charge in [-0.3, -0.25) is 5.32 Å². The zero-order valence-corrected chi connectivity index (χ0v) is 21.6. The molecule has 0 spiro atoms. The number of aryl methyl sites for hydroxylation is 2. The highest BCUT2D eigenvalue weighted by atomic mass is 19.1. The largest absolute Gasteiger partial charge is 0.421 e. The Morgan fingerprint density at radius 2 is 1.95 bits per heavy atom. The van der Waals surface area contributed by atoms with Crippen molar-refractivity contribution in [1.29, 1.82) is 0 Å². The summed E-state index contributed by atoms with van der Waals surface area (Å²) in [7, 11) is 0. The number of rotatable bonds is 8. The van der Waals surface area contributed by atoms with Crippen LogP contribution in [0.1, 0.15) is 66.8 Å². The average Bonchev–Trinajstić information content (AvgIpc) is 3.67. The van der Waals surface area contributed by atoms with Gasteiger partial charge in [-0.1, -0.05) is 38.0 Å². The fourth-order valence-corrected chi connectivity index (χ4v) is 5.14. The number of nitrogens with one attached hydrogen (secondary N) is 3. The number of benzene rings is 1. The number of aromatic amines is 2. The molecule has 4 aromatic heterocycles. The van der Waals surface area contributed by atoms with Crippen LogP contribution in [0.15, 0.2) is 47.0 Å². The van der Waals surface area contributed by atoms with Crippen LogP contribution in [0.25, 0.3) is 22.3 Å². The maximum atomic E-state index is 13.8. The lowest BCUT2D eigenvalue weighted by molar-refractivity contribution is -0.0809. The third kappa shape index (κ3) is 4.19. The van der Waals surface area contributed by atoms with Crippen molar-refractivity contribution in [2.75, 3.05) is 6.61 Å². The quantitative estimate of drug-likeness (QED) is 0.237. The van der Waals surface area contributed by atoms with Gasteiger partial charge in [-0.05, 0) is 43.5 Å². The van der Waals surface area contributed by atoms with E-state index >= 15 is 0 Å². The van der Waals surface area contributed by atoms with Crippen molar-refractivity contribution in [3.8, 4) is 11.4 Å². The summed E-state index contributed by atoms with van der Waals surface area (Å²) >= 11 is 0. The smallest absolute Gasteiger partial charge is 0.270 e. The minimum absolute atomic E-state index is 0.268. The molecule has 1 aliphatic heterocycles. The Hall–Kier alpha value is -3.89. The summed E-state index contributed by atoms with van der Waals surface area (Å²) in [5, 5.41) is 13.3. The van der Waals surface area contributed by atoms with E-state index in [-0.39, 0.29) is 11.9 Å². The lowest BCUT2D eigenvalue weighted by atomic mass is 9.90. The highest BCUT2D eigenvalue weighted by molar-refractivity contribution is 5.85. The third-order valence-corrected chi connectivity index (χ3v) is 7.06. The van der Waals surface area contributed by atoms with Crippen molar-refractivity contribution >= 4 is 10.9 Å². The number of halogens is 1. The highest BCUT2D eigenvalue weighted by Crippen LogP contribution is 2.43. The number of fused-ring (bicyclic) bond motifs is 3. The van der Waals surface area contributed by atoms with Crippen LogP contribution in [-0.2, 0) is 16.9 Å². The van der Waals surface area contributed by atoms with Crippen LogP contribution in [0.4, 0.5) is 4.39 Å². The Labute approximate surface area is 219 Å². The molecule has 10 heteroatoms. The summed E-state index contributed by atoms with van der Waals surface area (Å²) in [4.78, 5) is 16.1. The van der Waals surface area contributed by atoms with Gasteiger partial charge < -0.3 is 19.1 Å². The van der Waals surface area contributed by atoms with Crippen molar-refractivity contribution < 1.29 is 13.5 Å². The molecular weight excluding hydrogens is 485 g/mol. The molecule has 0 amide bonds. The summed E-state index contributed by atoms with van der Waals surface area (Å²) in [5.74, 6) is 1.16. The van der Waals surface area contributed by atoms with Crippen molar-refractivity contribution in [3.05, 3.63) is 83.0 Å². The number of nitrogens with zero attached hydrogens (tertiary/aromatic N) is 4. The normalized spacial score (nSPS) is 19.2. The first-order valence-corrected chi connectivity index (χ1v) is 13.0. The number of hydrogen-bond acceptors (Lipinski definition) is 7. The van der Waals surface area contributed by atoms with Crippen LogP contribution >= 0.6 is 0 Å². The molecule has 1 unspecified atom stereocenters. The van der Waals surface area contributed by atoms with Gasteiger partial charge in [-0.2, -0.15) is 0 Å². The van der Waals surface area contributed by atoms with Gasteiger partial charge >= 0.3 is 0 Å². The second-order valence-corrected chi connectivity index (χ2v) is 9.72. The fourth-order valence-electron chi connectivity index (χ4n) is 5.14. The van der Waals surface area contributed by atoms with Crippen LogP contribution in [0, 0.1) is 19.7 Å². The van der Waals surface area contributed by atoms with Crippen LogP contribution in [0.2, 0.25) is 0 Å². The van der Waals surface area contributed by atoms with Crippen molar-refractivity contribution in [1.82, 2.24) is 35.5 Å². The number of hydrogen-bond donors (Lipinski definition) is 3. The SMILES string of the molecule is CCCCCOC1(c2nnc(C)o2)N[C@@H](c2nc(-c3ccc(F)c(C)n3)c[nH]2)Cc2c1[nH]c1ccccc21. The maximum absolute atomic E-state index is 13.8. The molecule has 0 bridgehead atoms. The number of ether oxygens (including phenoxy) is 1. The van der Waals surface area contributed by atoms with Gasteiger partial charge in [0.2, 0.25) is 11.6 Å².